The van der Waals surface area contributed by atoms with E-state index in [1.165, 1.54) is 0 Å². The Labute approximate surface area is 214 Å². The first-order valence-corrected chi connectivity index (χ1v) is 11.7. The Kier molecular flexibility index (Phi) is 7.96. The van der Waals surface area contributed by atoms with Gasteiger partial charge in [0.1, 0.15) is 12.4 Å². The number of nitriles is 1. The fraction of sp³-hybridized carbons (Fsp3) is 0.172. The van der Waals surface area contributed by atoms with Gasteiger partial charge >= 0.3 is 5.97 Å². The highest BCUT2D eigenvalue weighted by Gasteiger charge is 2.16. The van der Waals surface area contributed by atoms with Crippen LogP contribution in [0.5, 0.6) is 5.75 Å². The number of rotatable bonds is 11. The SMILES string of the molecule is Cc1noc(-c2ccc(NCc3ccc(OCC(=N)c4ccc(C#N)cc4)cc3)cc2)c1CCC(=O)O. The average Bonchev–Trinajstić information content (AvgIpc) is 3.30. The Bertz CT molecular complexity index is 1420. The molecule has 0 aliphatic carbocycles. The molecule has 0 aliphatic rings. The Morgan fingerprint density at radius 3 is 2.43 bits per heavy atom. The zero-order chi connectivity index (χ0) is 26.2. The van der Waals surface area contributed by atoms with E-state index in [-0.39, 0.29) is 13.0 Å². The molecule has 3 N–H and O–H groups in total. The third-order valence-corrected chi connectivity index (χ3v) is 5.89. The number of benzene rings is 3. The number of nitrogens with zero attached hydrogens (tertiary/aromatic N) is 2. The van der Waals surface area contributed by atoms with Gasteiger partial charge in [-0.2, -0.15) is 5.26 Å². The molecule has 4 aromatic rings. The van der Waals surface area contributed by atoms with E-state index >= 15 is 0 Å². The highest BCUT2D eigenvalue weighted by molar-refractivity contribution is 5.99. The van der Waals surface area contributed by atoms with Gasteiger partial charge in [0, 0.05) is 29.8 Å². The van der Waals surface area contributed by atoms with Crippen molar-refractivity contribution in [3.05, 3.63) is 101 Å². The molecule has 0 spiro atoms. The van der Waals surface area contributed by atoms with Crippen LogP contribution in [0.25, 0.3) is 11.3 Å². The summed E-state index contributed by atoms with van der Waals surface area (Å²) in [6, 6.07) is 24.3. The lowest BCUT2D eigenvalue weighted by atomic mass is 10.0. The van der Waals surface area contributed by atoms with Crippen LogP contribution in [-0.2, 0) is 17.8 Å². The number of hydrogen-bond acceptors (Lipinski definition) is 7. The number of carbonyl (C=O) groups is 1. The first kappa shape index (κ1) is 25.2. The molecule has 0 saturated carbocycles. The van der Waals surface area contributed by atoms with Crippen molar-refractivity contribution >= 4 is 17.4 Å². The van der Waals surface area contributed by atoms with E-state index in [1.54, 1.807) is 24.3 Å². The molecule has 1 aromatic heterocycles. The minimum Gasteiger partial charge on any atom is -0.487 e. The van der Waals surface area contributed by atoms with Gasteiger partial charge in [-0.15, -0.1) is 0 Å². The minimum atomic E-state index is -0.853. The number of carboxylic acids is 1. The van der Waals surface area contributed by atoms with Crippen LogP contribution in [0.1, 0.15) is 34.4 Å². The van der Waals surface area contributed by atoms with Crippen molar-refractivity contribution in [1.82, 2.24) is 5.16 Å². The van der Waals surface area contributed by atoms with Gasteiger partial charge in [0.2, 0.25) is 0 Å². The van der Waals surface area contributed by atoms with Crippen molar-refractivity contribution in [3.63, 3.8) is 0 Å². The van der Waals surface area contributed by atoms with Gasteiger partial charge in [-0.1, -0.05) is 29.4 Å². The first-order valence-electron chi connectivity index (χ1n) is 11.7. The molecule has 186 valence electrons. The zero-order valence-electron chi connectivity index (χ0n) is 20.3. The summed E-state index contributed by atoms with van der Waals surface area (Å²) in [7, 11) is 0. The van der Waals surface area contributed by atoms with Gasteiger partial charge in [-0.3, -0.25) is 4.79 Å². The smallest absolute Gasteiger partial charge is 0.303 e. The van der Waals surface area contributed by atoms with Crippen LogP contribution in [0, 0.1) is 23.7 Å². The van der Waals surface area contributed by atoms with Gasteiger partial charge in [0.25, 0.3) is 0 Å². The summed E-state index contributed by atoms with van der Waals surface area (Å²) in [6.07, 6.45) is 0.397. The maximum Gasteiger partial charge on any atom is 0.303 e. The van der Waals surface area contributed by atoms with E-state index in [0.717, 1.165) is 27.9 Å². The molecule has 0 aliphatic heterocycles. The molecule has 8 heteroatoms. The predicted octanol–water partition coefficient (Wildman–Crippen LogP) is 5.60. The number of ether oxygens (including phenoxy) is 1. The van der Waals surface area contributed by atoms with Crippen molar-refractivity contribution in [3.8, 4) is 23.1 Å². The summed E-state index contributed by atoms with van der Waals surface area (Å²) in [5.74, 6) is 0.425. The average molecular weight is 495 g/mol. The summed E-state index contributed by atoms with van der Waals surface area (Å²) in [5.41, 5.74) is 6.00. The van der Waals surface area contributed by atoms with Crippen LogP contribution in [0.2, 0.25) is 0 Å². The highest BCUT2D eigenvalue weighted by Crippen LogP contribution is 2.28. The molecule has 0 fully saturated rings. The van der Waals surface area contributed by atoms with E-state index in [4.69, 9.17) is 25.0 Å². The molecule has 0 radical (unpaired) electrons. The van der Waals surface area contributed by atoms with E-state index in [2.05, 4.69) is 16.5 Å². The van der Waals surface area contributed by atoms with E-state index in [0.29, 0.717) is 41.4 Å². The first-order chi connectivity index (χ1) is 17.9. The monoisotopic (exact) mass is 494 g/mol. The number of aromatic nitrogens is 1. The van der Waals surface area contributed by atoms with E-state index < -0.39 is 5.97 Å². The van der Waals surface area contributed by atoms with Crippen LogP contribution in [0.3, 0.4) is 0 Å². The zero-order valence-corrected chi connectivity index (χ0v) is 20.3. The normalized spacial score (nSPS) is 10.5. The molecule has 3 aromatic carbocycles. The van der Waals surface area contributed by atoms with Gasteiger partial charge in [0.15, 0.2) is 5.76 Å². The number of nitrogens with one attached hydrogen (secondary N) is 2. The van der Waals surface area contributed by atoms with Crippen molar-refractivity contribution in [2.45, 2.75) is 26.3 Å². The third kappa shape index (κ3) is 6.61. The molecule has 37 heavy (non-hydrogen) atoms. The Morgan fingerprint density at radius 2 is 1.78 bits per heavy atom. The van der Waals surface area contributed by atoms with Gasteiger partial charge in [-0.05, 0) is 73.0 Å². The second-order valence-electron chi connectivity index (χ2n) is 8.50. The number of aliphatic carboxylic acids is 1. The predicted molar refractivity (Wildman–Crippen MR) is 140 cm³/mol. The number of aryl methyl sites for hydroxylation is 1. The lowest BCUT2D eigenvalue weighted by Gasteiger charge is -2.10. The Balaban J connectivity index is 1.29. The number of hydrogen-bond donors (Lipinski definition) is 3. The van der Waals surface area contributed by atoms with Crippen LogP contribution in [0.15, 0.2) is 77.3 Å². The fourth-order valence-electron chi connectivity index (χ4n) is 3.77. The largest absolute Gasteiger partial charge is 0.487 e. The molecule has 0 amide bonds. The summed E-state index contributed by atoms with van der Waals surface area (Å²) in [4.78, 5) is 11.0. The molecule has 0 atom stereocenters. The van der Waals surface area contributed by atoms with Crippen molar-refractivity contribution in [1.29, 1.82) is 10.7 Å². The quantitative estimate of drug-likeness (QED) is 0.231. The minimum absolute atomic E-state index is 0.0260. The summed E-state index contributed by atoms with van der Waals surface area (Å²) >= 11 is 0. The Morgan fingerprint density at radius 1 is 1.08 bits per heavy atom. The second-order valence-corrected chi connectivity index (χ2v) is 8.50. The molecular weight excluding hydrogens is 468 g/mol. The summed E-state index contributed by atoms with van der Waals surface area (Å²) < 4.78 is 11.2. The second kappa shape index (κ2) is 11.7. The summed E-state index contributed by atoms with van der Waals surface area (Å²) in [5, 5.41) is 33.4. The van der Waals surface area contributed by atoms with Crippen LogP contribution >= 0.6 is 0 Å². The summed E-state index contributed by atoms with van der Waals surface area (Å²) in [6.45, 7) is 2.57. The van der Waals surface area contributed by atoms with E-state index in [1.807, 2.05) is 55.5 Å². The number of anilines is 1. The molecule has 0 bridgehead atoms. The standard InChI is InChI=1S/C29H26N4O4/c1-19-26(14-15-28(34)35)29(37-33-19)23-8-10-24(11-9-23)32-17-21-4-12-25(13-5-21)36-18-27(31)22-6-2-20(16-30)3-7-22/h2-13,31-32H,14-15,17-18H2,1H3,(H,34,35). The maximum absolute atomic E-state index is 11.0. The fourth-order valence-corrected chi connectivity index (χ4v) is 3.77. The van der Waals surface area contributed by atoms with Crippen molar-refractivity contribution in [2.75, 3.05) is 11.9 Å². The lowest BCUT2D eigenvalue weighted by Crippen LogP contribution is -2.11. The van der Waals surface area contributed by atoms with Crippen molar-refractivity contribution in [2.24, 2.45) is 0 Å². The maximum atomic E-state index is 11.0. The van der Waals surface area contributed by atoms with Gasteiger partial charge < -0.3 is 25.1 Å². The van der Waals surface area contributed by atoms with Crippen LogP contribution in [-0.4, -0.2) is 28.6 Å². The molecule has 0 saturated heterocycles. The third-order valence-electron chi connectivity index (χ3n) is 5.89. The molecule has 1 heterocycles. The molecule has 8 nitrogen and oxygen atoms in total. The van der Waals surface area contributed by atoms with Crippen LogP contribution < -0.4 is 10.1 Å². The van der Waals surface area contributed by atoms with E-state index in [9.17, 15) is 4.79 Å². The lowest BCUT2D eigenvalue weighted by molar-refractivity contribution is -0.136. The van der Waals surface area contributed by atoms with Crippen molar-refractivity contribution < 1.29 is 19.2 Å². The topological polar surface area (TPSA) is 132 Å². The molecule has 4 rings (SSSR count). The Hall–Kier alpha value is -4.90. The van der Waals surface area contributed by atoms with Gasteiger partial charge in [-0.25, -0.2) is 0 Å². The molecule has 0 unspecified atom stereocenters. The number of carboxylic acid groups (broad SMARTS) is 1. The van der Waals surface area contributed by atoms with Gasteiger partial charge in [0.05, 0.1) is 23.0 Å². The molecular formula is C29H26N4O4. The van der Waals surface area contributed by atoms with Crippen LogP contribution in [0.4, 0.5) is 5.69 Å². The highest BCUT2D eigenvalue weighted by atomic mass is 16.5.